The number of hydrogen-bond donors (Lipinski definition) is 0. The van der Waals surface area contributed by atoms with Crippen LogP contribution in [0.1, 0.15) is 17.0 Å². The van der Waals surface area contributed by atoms with E-state index in [1.54, 1.807) is 18.2 Å². The molecule has 0 saturated carbocycles. The van der Waals surface area contributed by atoms with Gasteiger partial charge in [0.1, 0.15) is 5.82 Å². The third-order valence-electron chi connectivity index (χ3n) is 5.20. The molecule has 0 N–H and O–H groups in total. The Morgan fingerprint density at radius 1 is 0.812 bits per heavy atom. The van der Waals surface area contributed by atoms with Gasteiger partial charge in [0.2, 0.25) is 0 Å². The summed E-state index contributed by atoms with van der Waals surface area (Å²) in [6.45, 7) is 2.51. The first-order valence-electron chi connectivity index (χ1n) is 10.3. The molecule has 0 atom stereocenters. The maximum atomic E-state index is 14.5. The van der Waals surface area contributed by atoms with Gasteiger partial charge in [0, 0.05) is 5.75 Å². The number of benzene rings is 3. The molecule has 0 fully saturated rings. The number of aryl methyl sites for hydroxylation is 1. The highest BCUT2D eigenvalue weighted by atomic mass is 32.2. The standard InChI is InChI=1S/C25H20FN5S/c1-17-23(28-22-14-8-7-13-21(22)27-17)16-32-25-30-29-24(19-11-5-6-12-20(19)26)31(25)15-18-9-3-2-4-10-18/h2-14H,15-16H2,1H3. The molecule has 5 aromatic rings. The second-order valence-electron chi connectivity index (χ2n) is 7.39. The van der Waals surface area contributed by atoms with Crippen molar-refractivity contribution in [1.82, 2.24) is 24.7 Å². The maximum absolute atomic E-state index is 14.5. The second-order valence-corrected chi connectivity index (χ2v) is 8.33. The quantitative estimate of drug-likeness (QED) is 0.318. The average molecular weight is 442 g/mol. The zero-order valence-electron chi connectivity index (χ0n) is 17.4. The molecular formula is C25H20FN5S. The van der Waals surface area contributed by atoms with Gasteiger partial charge in [-0.05, 0) is 36.8 Å². The lowest BCUT2D eigenvalue weighted by molar-refractivity contribution is 0.626. The molecule has 0 aliphatic heterocycles. The van der Waals surface area contributed by atoms with Crippen LogP contribution in [0.5, 0.6) is 0 Å². The molecule has 32 heavy (non-hydrogen) atoms. The molecular weight excluding hydrogens is 421 g/mol. The first-order chi connectivity index (χ1) is 15.7. The number of aromatic nitrogens is 5. The van der Waals surface area contributed by atoms with Gasteiger partial charge in [0.25, 0.3) is 0 Å². The van der Waals surface area contributed by atoms with Crippen LogP contribution in [0.2, 0.25) is 0 Å². The molecule has 0 spiro atoms. The van der Waals surface area contributed by atoms with Crippen molar-refractivity contribution < 1.29 is 4.39 Å². The SMILES string of the molecule is Cc1nc2ccccc2nc1CSc1nnc(-c2ccccc2F)n1Cc1ccccc1. The predicted octanol–water partition coefficient (Wildman–Crippen LogP) is 5.68. The minimum Gasteiger partial charge on any atom is -0.297 e. The van der Waals surface area contributed by atoms with Crippen LogP contribution < -0.4 is 0 Å². The van der Waals surface area contributed by atoms with Gasteiger partial charge in [-0.1, -0.05) is 66.4 Å². The van der Waals surface area contributed by atoms with Crippen LogP contribution in [0.25, 0.3) is 22.4 Å². The van der Waals surface area contributed by atoms with E-state index in [9.17, 15) is 4.39 Å². The van der Waals surface area contributed by atoms with E-state index in [0.717, 1.165) is 28.0 Å². The van der Waals surface area contributed by atoms with E-state index in [1.165, 1.54) is 17.8 Å². The molecule has 0 radical (unpaired) electrons. The van der Waals surface area contributed by atoms with Gasteiger partial charge in [-0.3, -0.25) is 4.57 Å². The summed E-state index contributed by atoms with van der Waals surface area (Å²) in [5.41, 5.74) is 5.06. The van der Waals surface area contributed by atoms with Crippen molar-refractivity contribution in [1.29, 1.82) is 0 Å². The van der Waals surface area contributed by atoms with Crippen LogP contribution in [0, 0.1) is 12.7 Å². The van der Waals surface area contributed by atoms with Crippen molar-refractivity contribution in [2.24, 2.45) is 0 Å². The summed E-state index contributed by atoms with van der Waals surface area (Å²) in [4.78, 5) is 9.46. The lowest BCUT2D eigenvalue weighted by atomic mass is 10.2. The second kappa shape index (κ2) is 8.88. The van der Waals surface area contributed by atoms with E-state index in [0.29, 0.717) is 28.8 Å². The number of rotatable bonds is 6. The highest BCUT2D eigenvalue weighted by molar-refractivity contribution is 7.98. The van der Waals surface area contributed by atoms with Crippen molar-refractivity contribution in [3.8, 4) is 11.4 Å². The zero-order valence-corrected chi connectivity index (χ0v) is 18.3. The van der Waals surface area contributed by atoms with Crippen molar-refractivity contribution in [2.45, 2.75) is 24.4 Å². The number of hydrogen-bond acceptors (Lipinski definition) is 5. The Bertz CT molecular complexity index is 1380. The molecule has 0 amide bonds. The minimum atomic E-state index is -0.318. The van der Waals surface area contributed by atoms with E-state index in [-0.39, 0.29) is 5.82 Å². The van der Waals surface area contributed by atoms with Crippen LogP contribution in [0.15, 0.2) is 84.0 Å². The van der Waals surface area contributed by atoms with Gasteiger partial charge in [-0.15, -0.1) is 10.2 Å². The van der Waals surface area contributed by atoms with Gasteiger partial charge < -0.3 is 0 Å². The Labute approximate surface area is 189 Å². The highest BCUT2D eigenvalue weighted by Crippen LogP contribution is 2.29. The van der Waals surface area contributed by atoms with E-state index in [1.807, 2.05) is 66.1 Å². The molecule has 2 heterocycles. The van der Waals surface area contributed by atoms with Gasteiger partial charge in [-0.2, -0.15) is 0 Å². The summed E-state index contributed by atoms with van der Waals surface area (Å²) in [6.07, 6.45) is 0. The summed E-state index contributed by atoms with van der Waals surface area (Å²) in [6, 6.07) is 24.5. The smallest absolute Gasteiger partial charge is 0.192 e. The van der Waals surface area contributed by atoms with Gasteiger partial charge >= 0.3 is 0 Å². The molecule has 0 unspecified atom stereocenters. The van der Waals surface area contributed by atoms with E-state index in [4.69, 9.17) is 4.98 Å². The van der Waals surface area contributed by atoms with Crippen molar-refractivity contribution in [3.63, 3.8) is 0 Å². The predicted molar refractivity (Wildman–Crippen MR) is 125 cm³/mol. The van der Waals surface area contributed by atoms with E-state index < -0.39 is 0 Å². The Hall–Kier alpha value is -3.58. The van der Waals surface area contributed by atoms with Crippen LogP contribution in [-0.4, -0.2) is 24.7 Å². The lowest BCUT2D eigenvalue weighted by Gasteiger charge is -2.11. The summed E-state index contributed by atoms with van der Waals surface area (Å²) in [7, 11) is 0. The first-order valence-corrected chi connectivity index (χ1v) is 11.2. The summed E-state index contributed by atoms with van der Waals surface area (Å²) in [5, 5.41) is 9.45. The van der Waals surface area contributed by atoms with Gasteiger partial charge in [0.05, 0.1) is 34.5 Å². The van der Waals surface area contributed by atoms with E-state index >= 15 is 0 Å². The number of fused-ring (bicyclic) bond motifs is 1. The zero-order chi connectivity index (χ0) is 21.9. The number of para-hydroxylation sites is 2. The Balaban J connectivity index is 1.50. The largest absolute Gasteiger partial charge is 0.297 e. The molecule has 0 bridgehead atoms. The normalized spacial score (nSPS) is 11.2. The molecule has 7 heteroatoms. The topological polar surface area (TPSA) is 56.5 Å². The highest BCUT2D eigenvalue weighted by Gasteiger charge is 2.18. The van der Waals surface area contributed by atoms with Crippen molar-refractivity contribution in [2.75, 3.05) is 0 Å². The molecule has 5 nitrogen and oxygen atoms in total. The van der Waals surface area contributed by atoms with Crippen molar-refractivity contribution in [3.05, 3.63) is 102 Å². The third kappa shape index (κ3) is 4.11. The first kappa shape index (κ1) is 20.3. The number of halogens is 1. The summed E-state index contributed by atoms with van der Waals surface area (Å²) in [5.74, 6) is 0.784. The molecule has 158 valence electrons. The number of nitrogens with zero attached hydrogens (tertiary/aromatic N) is 5. The van der Waals surface area contributed by atoms with Crippen molar-refractivity contribution >= 4 is 22.8 Å². The van der Waals surface area contributed by atoms with Crippen LogP contribution >= 0.6 is 11.8 Å². The fraction of sp³-hybridized carbons (Fsp3) is 0.120. The molecule has 3 aromatic carbocycles. The molecule has 0 saturated heterocycles. The average Bonchev–Trinajstić information content (AvgIpc) is 3.20. The Morgan fingerprint density at radius 3 is 2.28 bits per heavy atom. The summed E-state index contributed by atoms with van der Waals surface area (Å²) < 4.78 is 16.5. The maximum Gasteiger partial charge on any atom is 0.192 e. The Kier molecular flexibility index (Phi) is 5.64. The fourth-order valence-electron chi connectivity index (χ4n) is 3.54. The molecule has 5 rings (SSSR count). The van der Waals surface area contributed by atoms with Crippen LogP contribution in [-0.2, 0) is 12.3 Å². The van der Waals surface area contributed by atoms with E-state index in [2.05, 4.69) is 15.2 Å². The van der Waals surface area contributed by atoms with Gasteiger partial charge in [-0.25, -0.2) is 14.4 Å². The number of thioether (sulfide) groups is 1. The van der Waals surface area contributed by atoms with Crippen LogP contribution in [0.3, 0.4) is 0 Å². The lowest BCUT2D eigenvalue weighted by Crippen LogP contribution is -2.05. The minimum absolute atomic E-state index is 0.318. The third-order valence-corrected chi connectivity index (χ3v) is 6.17. The molecule has 0 aliphatic rings. The fourth-order valence-corrected chi connectivity index (χ4v) is 4.48. The van der Waals surface area contributed by atoms with Gasteiger partial charge in [0.15, 0.2) is 11.0 Å². The molecule has 0 aliphatic carbocycles. The molecule has 2 aromatic heterocycles. The van der Waals surface area contributed by atoms with Crippen LogP contribution in [0.4, 0.5) is 4.39 Å². The monoisotopic (exact) mass is 441 g/mol. The Morgan fingerprint density at radius 2 is 1.50 bits per heavy atom. The summed E-state index contributed by atoms with van der Waals surface area (Å²) >= 11 is 1.53.